The van der Waals surface area contributed by atoms with Crippen molar-refractivity contribution in [2.75, 3.05) is 16.8 Å². The number of benzene rings is 2. The molecule has 0 atom stereocenters. The lowest BCUT2D eigenvalue weighted by Crippen LogP contribution is -2.35. The van der Waals surface area contributed by atoms with Gasteiger partial charge >= 0.3 is 0 Å². The third-order valence-electron chi connectivity index (χ3n) is 3.11. The van der Waals surface area contributed by atoms with Crippen LogP contribution < -0.4 is 10.2 Å². The predicted molar refractivity (Wildman–Crippen MR) is 78.2 cm³/mol. The summed E-state index contributed by atoms with van der Waals surface area (Å²) < 4.78 is 0. The fraction of sp³-hybridized carbons (Fsp3) is 0.0667. The minimum absolute atomic E-state index is 0.0952. The molecule has 3 rings (SSSR count). The molecule has 1 aliphatic rings. The molecule has 20 heavy (non-hydrogen) atoms. The first-order valence-electron chi connectivity index (χ1n) is 6.04. The molecule has 0 fully saturated rings. The number of nitrogens with one attached hydrogen (secondary N) is 1. The van der Waals surface area contributed by atoms with Crippen LogP contribution in [0.5, 0.6) is 0 Å². The number of carbonyl (C=O) groups excluding carboxylic acids is 1. The van der Waals surface area contributed by atoms with Crippen LogP contribution in [0.25, 0.3) is 0 Å². The van der Waals surface area contributed by atoms with Crippen LogP contribution in [0.1, 0.15) is 5.56 Å². The van der Waals surface area contributed by atoms with Gasteiger partial charge in [-0.15, -0.1) is 0 Å². The summed E-state index contributed by atoms with van der Waals surface area (Å²) in [6, 6.07) is 14.6. The van der Waals surface area contributed by atoms with Crippen LogP contribution in [0.2, 0.25) is 5.02 Å². The first kappa shape index (κ1) is 12.5. The minimum Gasteiger partial charge on any atom is -0.330 e. The summed E-state index contributed by atoms with van der Waals surface area (Å²) in [5.41, 5.74) is 2.86. The van der Waals surface area contributed by atoms with E-state index in [0.29, 0.717) is 16.3 Å². The Kier molecular flexibility index (Phi) is 3.05. The molecule has 1 amide bonds. The zero-order valence-electron chi connectivity index (χ0n) is 10.4. The summed E-state index contributed by atoms with van der Waals surface area (Å²) in [5.74, 6) is -0.0952. The Morgan fingerprint density at radius 2 is 2.10 bits per heavy atom. The van der Waals surface area contributed by atoms with Crippen molar-refractivity contribution >= 4 is 34.6 Å². The van der Waals surface area contributed by atoms with Gasteiger partial charge < -0.3 is 10.2 Å². The lowest BCUT2D eigenvalue weighted by molar-refractivity contribution is -0.115. The van der Waals surface area contributed by atoms with Gasteiger partial charge in [-0.3, -0.25) is 4.79 Å². The number of carbonyl (C=O) groups is 1. The van der Waals surface area contributed by atoms with Gasteiger partial charge in [-0.2, -0.15) is 5.26 Å². The Labute approximate surface area is 121 Å². The Balaban J connectivity index is 2.14. The molecule has 4 nitrogen and oxygen atoms in total. The first-order valence-corrected chi connectivity index (χ1v) is 6.42. The highest BCUT2D eigenvalue weighted by Gasteiger charge is 2.23. The lowest BCUT2D eigenvalue weighted by Gasteiger charge is -2.31. The molecule has 0 aromatic heterocycles. The summed E-state index contributed by atoms with van der Waals surface area (Å²) >= 11 is 6.01. The van der Waals surface area contributed by atoms with Gasteiger partial charge in [-0.05, 0) is 36.4 Å². The second-order valence-corrected chi connectivity index (χ2v) is 4.89. The smallest absolute Gasteiger partial charge is 0.244 e. The number of halogens is 1. The third kappa shape index (κ3) is 2.20. The molecule has 2 aromatic carbocycles. The molecule has 1 N–H and O–H groups in total. The highest BCUT2D eigenvalue weighted by molar-refractivity contribution is 6.30. The van der Waals surface area contributed by atoms with Crippen LogP contribution in [0.4, 0.5) is 17.1 Å². The van der Waals surface area contributed by atoms with E-state index in [9.17, 15) is 4.79 Å². The molecule has 0 bridgehead atoms. The molecule has 5 heteroatoms. The number of rotatable bonds is 1. The standard InChI is InChI=1S/C15H10ClN3O/c16-11-2-1-3-12(7-11)19-9-15(20)18-13-5-4-10(8-17)6-14(13)19/h1-7H,9H2,(H,18,20). The maximum absolute atomic E-state index is 11.8. The fourth-order valence-electron chi connectivity index (χ4n) is 2.22. The molecule has 0 unspecified atom stereocenters. The number of nitriles is 1. The number of anilines is 3. The molecule has 0 saturated heterocycles. The van der Waals surface area contributed by atoms with Crippen molar-refractivity contribution in [3.8, 4) is 6.07 Å². The van der Waals surface area contributed by atoms with E-state index in [2.05, 4.69) is 11.4 Å². The minimum atomic E-state index is -0.0952. The van der Waals surface area contributed by atoms with Gasteiger partial charge in [-0.1, -0.05) is 17.7 Å². The highest BCUT2D eigenvalue weighted by Crippen LogP contribution is 2.36. The first-order chi connectivity index (χ1) is 9.67. The van der Waals surface area contributed by atoms with Crippen molar-refractivity contribution in [2.24, 2.45) is 0 Å². The van der Waals surface area contributed by atoms with Crippen LogP contribution in [0.3, 0.4) is 0 Å². The molecular formula is C15H10ClN3O. The number of nitrogens with zero attached hydrogens (tertiary/aromatic N) is 2. The van der Waals surface area contributed by atoms with Crippen LogP contribution in [-0.4, -0.2) is 12.5 Å². The van der Waals surface area contributed by atoms with Crippen LogP contribution >= 0.6 is 11.6 Å². The molecule has 2 aromatic rings. The molecule has 0 saturated carbocycles. The van der Waals surface area contributed by atoms with Crippen molar-refractivity contribution in [1.29, 1.82) is 5.26 Å². The summed E-state index contributed by atoms with van der Waals surface area (Å²) in [5, 5.41) is 12.4. The Morgan fingerprint density at radius 3 is 2.85 bits per heavy atom. The summed E-state index contributed by atoms with van der Waals surface area (Å²) in [7, 11) is 0. The number of hydrogen-bond acceptors (Lipinski definition) is 3. The zero-order chi connectivity index (χ0) is 14.1. The zero-order valence-corrected chi connectivity index (χ0v) is 11.2. The van der Waals surface area contributed by atoms with Gasteiger partial charge in [0.2, 0.25) is 5.91 Å². The van der Waals surface area contributed by atoms with E-state index in [4.69, 9.17) is 16.9 Å². The van der Waals surface area contributed by atoms with E-state index in [0.717, 1.165) is 11.4 Å². The summed E-state index contributed by atoms with van der Waals surface area (Å²) in [4.78, 5) is 13.6. The molecule has 0 radical (unpaired) electrons. The van der Waals surface area contributed by atoms with Gasteiger partial charge in [0.1, 0.15) is 6.54 Å². The topological polar surface area (TPSA) is 56.1 Å². The fourth-order valence-corrected chi connectivity index (χ4v) is 2.41. The average Bonchev–Trinajstić information content (AvgIpc) is 2.46. The molecule has 0 aliphatic carbocycles. The molecule has 0 spiro atoms. The average molecular weight is 284 g/mol. The molecule has 98 valence electrons. The van der Waals surface area contributed by atoms with Gasteiger partial charge in [0.05, 0.1) is 23.0 Å². The Bertz CT molecular complexity index is 736. The van der Waals surface area contributed by atoms with Crippen LogP contribution in [-0.2, 0) is 4.79 Å². The molecular weight excluding hydrogens is 274 g/mol. The van der Waals surface area contributed by atoms with E-state index in [-0.39, 0.29) is 12.5 Å². The molecule has 1 heterocycles. The van der Waals surface area contributed by atoms with Gasteiger partial charge in [0.25, 0.3) is 0 Å². The maximum atomic E-state index is 11.8. The van der Waals surface area contributed by atoms with Crippen molar-refractivity contribution in [3.63, 3.8) is 0 Å². The van der Waals surface area contributed by atoms with Crippen molar-refractivity contribution in [3.05, 3.63) is 53.1 Å². The SMILES string of the molecule is N#Cc1ccc2c(c1)N(c1cccc(Cl)c1)CC(=O)N2. The van der Waals surface area contributed by atoms with Crippen molar-refractivity contribution in [2.45, 2.75) is 0 Å². The van der Waals surface area contributed by atoms with Gasteiger partial charge in [-0.25, -0.2) is 0 Å². The molecule has 1 aliphatic heterocycles. The largest absolute Gasteiger partial charge is 0.330 e. The quantitative estimate of drug-likeness (QED) is 0.873. The van der Waals surface area contributed by atoms with Crippen molar-refractivity contribution < 1.29 is 4.79 Å². The van der Waals surface area contributed by atoms with E-state index in [1.807, 2.05) is 17.0 Å². The number of fused-ring (bicyclic) bond motifs is 1. The normalized spacial score (nSPS) is 13.4. The monoisotopic (exact) mass is 283 g/mol. The van der Waals surface area contributed by atoms with E-state index >= 15 is 0 Å². The van der Waals surface area contributed by atoms with E-state index < -0.39 is 0 Å². The van der Waals surface area contributed by atoms with E-state index in [1.165, 1.54) is 0 Å². The second kappa shape index (κ2) is 4.87. The summed E-state index contributed by atoms with van der Waals surface area (Å²) in [6.07, 6.45) is 0. The predicted octanol–water partition coefficient (Wildman–Crippen LogP) is 3.30. The number of hydrogen-bond donors (Lipinski definition) is 1. The Morgan fingerprint density at radius 1 is 1.25 bits per heavy atom. The van der Waals surface area contributed by atoms with Crippen LogP contribution in [0, 0.1) is 11.3 Å². The maximum Gasteiger partial charge on any atom is 0.244 e. The lowest BCUT2D eigenvalue weighted by atomic mass is 10.1. The summed E-state index contributed by atoms with van der Waals surface area (Å²) in [6.45, 7) is 0.197. The number of amides is 1. The Hall–Kier alpha value is -2.51. The van der Waals surface area contributed by atoms with Crippen LogP contribution in [0.15, 0.2) is 42.5 Å². The van der Waals surface area contributed by atoms with Gasteiger partial charge in [0.15, 0.2) is 0 Å². The van der Waals surface area contributed by atoms with Crippen molar-refractivity contribution in [1.82, 2.24) is 0 Å². The van der Waals surface area contributed by atoms with E-state index in [1.54, 1.807) is 30.3 Å². The van der Waals surface area contributed by atoms with Gasteiger partial charge in [0, 0.05) is 10.7 Å². The highest BCUT2D eigenvalue weighted by atomic mass is 35.5. The third-order valence-corrected chi connectivity index (χ3v) is 3.35. The second-order valence-electron chi connectivity index (χ2n) is 4.46.